The fourth-order valence-electron chi connectivity index (χ4n) is 3.44. The van der Waals surface area contributed by atoms with E-state index in [-0.39, 0.29) is 17.3 Å². The van der Waals surface area contributed by atoms with Gasteiger partial charge >= 0.3 is 0 Å². The summed E-state index contributed by atoms with van der Waals surface area (Å²) in [6.45, 7) is 3.40. The van der Waals surface area contributed by atoms with Crippen molar-refractivity contribution in [1.82, 2.24) is 9.97 Å². The highest BCUT2D eigenvalue weighted by atomic mass is 35.5. The summed E-state index contributed by atoms with van der Waals surface area (Å²) in [6.07, 6.45) is 2.67. The molecule has 0 unspecified atom stereocenters. The molecule has 7 nitrogen and oxygen atoms in total. The Kier molecular flexibility index (Phi) is 7.04. The zero-order valence-corrected chi connectivity index (χ0v) is 20.2. The van der Waals surface area contributed by atoms with Crippen LogP contribution in [0.4, 0.5) is 21.7 Å². The number of hydrogen-bond acceptors (Lipinski definition) is 6. The second-order valence-electron chi connectivity index (χ2n) is 7.23. The number of fused-ring (bicyclic) bond motifs is 1. The van der Waals surface area contributed by atoms with Crippen molar-refractivity contribution in [2.45, 2.75) is 0 Å². The lowest BCUT2D eigenvalue weighted by molar-refractivity contribution is -0.111. The van der Waals surface area contributed by atoms with Crippen LogP contribution in [0.15, 0.2) is 61.3 Å². The number of anilines is 3. The largest absolute Gasteiger partial charge is 0.495 e. The smallest absolute Gasteiger partial charge is 0.247 e. The molecule has 0 fully saturated rings. The number of benzene rings is 3. The van der Waals surface area contributed by atoms with Crippen LogP contribution in [-0.4, -0.2) is 30.1 Å². The number of carbonyl (C=O) groups is 1. The van der Waals surface area contributed by atoms with Crippen LogP contribution in [0.3, 0.4) is 0 Å². The van der Waals surface area contributed by atoms with Gasteiger partial charge in [0.25, 0.3) is 0 Å². The molecule has 3 aromatic carbocycles. The highest BCUT2D eigenvalue weighted by molar-refractivity contribution is 6.41. The third-order valence-corrected chi connectivity index (χ3v) is 5.89. The maximum atomic E-state index is 14.5. The van der Waals surface area contributed by atoms with Gasteiger partial charge < -0.3 is 20.1 Å². The Morgan fingerprint density at radius 2 is 1.80 bits per heavy atom. The Labute approximate surface area is 210 Å². The van der Waals surface area contributed by atoms with Gasteiger partial charge in [-0.15, -0.1) is 0 Å². The Morgan fingerprint density at radius 1 is 1.09 bits per heavy atom. The highest BCUT2D eigenvalue weighted by Gasteiger charge is 2.19. The SMILES string of the molecule is C=CC(=O)Nc1cccc(F)c1Nc1ncc2cc(-c3c(Cl)c(OC)cc(OC)c3Cl)ccc2n1. The summed E-state index contributed by atoms with van der Waals surface area (Å²) >= 11 is 13.1. The fourth-order valence-corrected chi connectivity index (χ4v) is 4.16. The second-order valence-corrected chi connectivity index (χ2v) is 7.99. The van der Waals surface area contributed by atoms with Crippen molar-refractivity contribution >= 4 is 57.3 Å². The summed E-state index contributed by atoms with van der Waals surface area (Å²) in [5, 5.41) is 6.76. The van der Waals surface area contributed by atoms with Gasteiger partial charge in [0.15, 0.2) is 0 Å². The molecule has 0 atom stereocenters. The number of hydrogen-bond donors (Lipinski definition) is 2. The molecule has 4 rings (SSSR count). The first-order valence-corrected chi connectivity index (χ1v) is 11.0. The average molecular weight is 513 g/mol. The maximum Gasteiger partial charge on any atom is 0.247 e. The predicted molar refractivity (Wildman–Crippen MR) is 137 cm³/mol. The number of nitrogens with zero attached hydrogens (tertiary/aromatic N) is 2. The molecule has 0 saturated heterocycles. The number of para-hydroxylation sites is 1. The van der Waals surface area contributed by atoms with E-state index in [4.69, 9.17) is 32.7 Å². The Bertz CT molecular complexity index is 1430. The van der Waals surface area contributed by atoms with Crippen LogP contribution >= 0.6 is 23.2 Å². The molecule has 2 N–H and O–H groups in total. The molecule has 0 saturated carbocycles. The van der Waals surface area contributed by atoms with Crippen LogP contribution in [0, 0.1) is 5.82 Å². The minimum Gasteiger partial charge on any atom is -0.495 e. The van der Waals surface area contributed by atoms with Gasteiger partial charge in [0.2, 0.25) is 11.9 Å². The molecule has 0 aliphatic heterocycles. The summed E-state index contributed by atoms with van der Waals surface area (Å²) in [7, 11) is 3.01. The van der Waals surface area contributed by atoms with E-state index in [1.807, 2.05) is 6.07 Å². The third-order valence-electron chi connectivity index (χ3n) is 5.14. The highest BCUT2D eigenvalue weighted by Crippen LogP contribution is 2.46. The number of amides is 1. The molecule has 1 aromatic heterocycles. The number of halogens is 3. The van der Waals surface area contributed by atoms with Crippen LogP contribution in [-0.2, 0) is 4.79 Å². The van der Waals surface area contributed by atoms with Crippen LogP contribution in [0.2, 0.25) is 10.0 Å². The van der Waals surface area contributed by atoms with Gasteiger partial charge in [0.1, 0.15) is 23.0 Å². The molecule has 1 amide bonds. The minimum atomic E-state index is -0.581. The van der Waals surface area contributed by atoms with Gasteiger partial charge in [0, 0.05) is 23.2 Å². The Balaban J connectivity index is 1.72. The predicted octanol–water partition coefficient (Wildman–Crippen LogP) is 6.63. The lowest BCUT2D eigenvalue weighted by Gasteiger charge is -2.15. The summed E-state index contributed by atoms with van der Waals surface area (Å²) in [5.41, 5.74) is 2.09. The molecule has 0 aliphatic carbocycles. The van der Waals surface area contributed by atoms with Gasteiger partial charge in [0.05, 0.1) is 35.5 Å². The third kappa shape index (κ3) is 4.84. The molecule has 0 bridgehead atoms. The number of ether oxygens (including phenoxy) is 2. The second kappa shape index (κ2) is 10.2. The fraction of sp³-hybridized carbons (Fsp3) is 0.0800. The molecule has 35 heavy (non-hydrogen) atoms. The van der Waals surface area contributed by atoms with Crippen LogP contribution < -0.4 is 20.1 Å². The van der Waals surface area contributed by atoms with E-state index in [0.29, 0.717) is 43.6 Å². The van der Waals surface area contributed by atoms with Crippen molar-refractivity contribution in [1.29, 1.82) is 0 Å². The molecule has 0 aliphatic rings. The van der Waals surface area contributed by atoms with Crippen molar-refractivity contribution in [3.8, 4) is 22.6 Å². The topological polar surface area (TPSA) is 85.4 Å². The van der Waals surface area contributed by atoms with E-state index in [2.05, 4.69) is 27.2 Å². The van der Waals surface area contributed by atoms with Crippen molar-refractivity contribution in [2.24, 2.45) is 0 Å². The summed E-state index contributed by atoms with van der Waals surface area (Å²) in [6, 6.07) is 11.3. The zero-order chi connectivity index (χ0) is 25.1. The molecular weight excluding hydrogens is 494 g/mol. The molecular formula is C25H19Cl2FN4O3. The zero-order valence-electron chi connectivity index (χ0n) is 18.7. The normalized spacial score (nSPS) is 10.7. The molecule has 0 radical (unpaired) electrons. The average Bonchev–Trinajstić information content (AvgIpc) is 2.86. The maximum absolute atomic E-state index is 14.5. The monoisotopic (exact) mass is 512 g/mol. The van der Waals surface area contributed by atoms with Gasteiger partial charge in [-0.2, -0.15) is 0 Å². The van der Waals surface area contributed by atoms with E-state index in [1.165, 1.54) is 26.4 Å². The molecule has 178 valence electrons. The van der Waals surface area contributed by atoms with Crippen LogP contribution in [0.5, 0.6) is 11.5 Å². The first-order valence-electron chi connectivity index (χ1n) is 10.2. The van der Waals surface area contributed by atoms with Gasteiger partial charge in [-0.3, -0.25) is 4.79 Å². The van der Waals surface area contributed by atoms with E-state index in [1.54, 1.807) is 30.5 Å². The number of rotatable bonds is 7. The van der Waals surface area contributed by atoms with Crippen molar-refractivity contribution in [2.75, 3.05) is 24.9 Å². The quantitative estimate of drug-likeness (QED) is 0.270. The van der Waals surface area contributed by atoms with Crippen molar-refractivity contribution in [3.63, 3.8) is 0 Å². The van der Waals surface area contributed by atoms with Gasteiger partial charge in [-0.25, -0.2) is 14.4 Å². The number of carbonyl (C=O) groups excluding carboxylic acids is 1. The first kappa shape index (κ1) is 24.3. The van der Waals surface area contributed by atoms with E-state index in [9.17, 15) is 9.18 Å². The lowest BCUT2D eigenvalue weighted by Crippen LogP contribution is -2.10. The Hall–Kier alpha value is -3.88. The van der Waals surface area contributed by atoms with Crippen molar-refractivity contribution in [3.05, 3.63) is 77.2 Å². The van der Waals surface area contributed by atoms with Crippen LogP contribution in [0.25, 0.3) is 22.0 Å². The molecule has 0 spiro atoms. The summed E-state index contributed by atoms with van der Waals surface area (Å²) in [5.74, 6) is -0.0751. The summed E-state index contributed by atoms with van der Waals surface area (Å²) < 4.78 is 25.2. The standard InChI is InChI=1S/C25H19Cl2FN4O3/c1-4-20(33)30-17-7-5-6-15(28)24(17)32-25-29-12-14-10-13(8-9-16(14)31-25)21-22(26)18(34-2)11-19(35-3)23(21)27/h4-12H,1H2,2-3H3,(H,30,33)(H,29,31,32). The summed E-state index contributed by atoms with van der Waals surface area (Å²) in [4.78, 5) is 20.5. The molecule has 1 heterocycles. The lowest BCUT2D eigenvalue weighted by atomic mass is 10.0. The van der Waals surface area contributed by atoms with E-state index in [0.717, 1.165) is 6.08 Å². The van der Waals surface area contributed by atoms with E-state index >= 15 is 0 Å². The van der Waals surface area contributed by atoms with E-state index < -0.39 is 11.7 Å². The first-order chi connectivity index (χ1) is 16.9. The minimum absolute atomic E-state index is 0.0284. The van der Waals surface area contributed by atoms with Crippen LogP contribution in [0.1, 0.15) is 0 Å². The molecule has 4 aromatic rings. The number of nitrogens with one attached hydrogen (secondary N) is 2. The number of aromatic nitrogens is 2. The number of methoxy groups -OCH3 is 2. The molecule has 10 heteroatoms. The van der Waals surface area contributed by atoms with Crippen molar-refractivity contribution < 1.29 is 18.7 Å². The Morgan fingerprint density at radius 3 is 2.46 bits per heavy atom. The van der Waals surface area contributed by atoms with Gasteiger partial charge in [-0.05, 0) is 35.9 Å². The van der Waals surface area contributed by atoms with Gasteiger partial charge in [-0.1, -0.05) is 41.9 Å².